The summed E-state index contributed by atoms with van der Waals surface area (Å²) in [4.78, 5) is 9.15. The molecule has 0 aliphatic rings. The first-order valence-electron chi connectivity index (χ1n) is 6.66. The number of aromatic nitrogens is 2. The smallest absolute Gasteiger partial charge is 0.161 e. The van der Waals surface area contributed by atoms with Crippen LogP contribution in [0.3, 0.4) is 0 Å². The van der Waals surface area contributed by atoms with Gasteiger partial charge < -0.3 is 5.32 Å². The minimum atomic E-state index is 0.544. The molecule has 2 aromatic rings. The first-order chi connectivity index (χ1) is 9.02. The van der Waals surface area contributed by atoms with Crippen LogP contribution in [0.25, 0.3) is 11.4 Å². The van der Waals surface area contributed by atoms with Crippen molar-refractivity contribution in [2.45, 2.75) is 33.6 Å². The Morgan fingerprint density at radius 3 is 2.16 bits per heavy atom. The van der Waals surface area contributed by atoms with Crippen molar-refractivity contribution in [2.75, 3.05) is 12.4 Å². The molecule has 3 heteroatoms. The first-order valence-corrected chi connectivity index (χ1v) is 6.66. The molecule has 1 N–H and O–H groups in total. The Balaban J connectivity index is 2.44. The molecule has 1 heterocycles. The van der Waals surface area contributed by atoms with E-state index in [1.165, 1.54) is 5.56 Å². The van der Waals surface area contributed by atoms with E-state index in [4.69, 9.17) is 0 Å². The Bertz CT molecular complexity index is 571. The van der Waals surface area contributed by atoms with E-state index in [1.807, 2.05) is 20.9 Å². The molecule has 100 valence electrons. The number of aryl methyl sites for hydroxylation is 1. The predicted molar refractivity (Wildman–Crippen MR) is 80.6 cm³/mol. The van der Waals surface area contributed by atoms with Gasteiger partial charge in [-0.25, -0.2) is 9.97 Å². The number of nitrogens with zero attached hydrogens (tertiary/aromatic N) is 2. The lowest BCUT2D eigenvalue weighted by molar-refractivity contribution is 0.867. The van der Waals surface area contributed by atoms with Crippen LogP contribution in [0.5, 0.6) is 0 Å². The monoisotopic (exact) mass is 255 g/mol. The van der Waals surface area contributed by atoms with Gasteiger partial charge in [0.1, 0.15) is 5.82 Å². The highest BCUT2D eigenvalue weighted by Gasteiger charge is 2.09. The van der Waals surface area contributed by atoms with Crippen LogP contribution in [0.1, 0.15) is 36.6 Å². The summed E-state index contributed by atoms with van der Waals surface area (Å²) in [5.41, 5.74) is 4.51. The Morgan fingerprint density at radius 1 is 1.00 bits per heavy atom. The maximum atomic E-state index is 4.57. The second kappa shape index (κ2) is 5.39. The van der Waals surface area contributed by atoms with E-state index in [0.29, 0.717) is 5.92 Å². The van der Waals surface area contributed by atoms with E-state index in [0.717, 1.165) is 28.5 Å². The molecule has 0 atom stereocenters. The van der Waals surface area contributed by atoms with Crippen LogP contribution in [-0.4, -0.2) is 17.0 Å². The molecule has 0 aliphatic carbocycles. The van der Waals surface area contributed by atoms with Crippen LogP contribution in [0, 0.1) is 13.8 Å². The van der Waals surface area contributed by atoms with Crippen LogP contribution < -0.4 is 5.32 Å². The van der Waals surface area contributed by atoms with Crippen LogP contribution in [0.2, 0.25) is 0 Å². The van der Waals surface area contributed by atoms with Gasteiger partial charge in [-0.05, 0) is 25.3 Å². The predicted octanol–water partition coefficient (Wildman–Crippen LogP) is 3.93. The number of hydrogen-bond acceptors (Lipinski definition) is 3. The zero-order valence-corrected chi connectivity index (χ0v) is 12.3. The highest BCUT2D eigenvalue weighted by Crippen LogP contribution is 2.23. The normalized spacial score (nSPS) is 10.8. The second-order valence-corrected chi connectivity index (χ2v) is 5.13. The van der Waals surface area contributed by atoms with Crippen LogP contribution in [0.15, 0.2) is 24.3 Å². The fourth-order valence-corrected chi connectivity index (χ4v) is 2.02. The van der Waals surface area contributed by atoms with E-state index >= 15 is 0 Å². The lowest BCUT2D eigenvalue weighted by Gasteiger charge is -2.10. The van der Waals surface area contributed by atoms with Crippen molar-refractivity contribution >= 4 is 5.82 Å². The molecule has 2 rings (SSSR count). The highest BCUT2D eigenvalue weighted by molar-refractivity contribution is 5.60. The molecule has 1 aromatic heterocycles. The van der Waals surface area contributed by atoms with Crippen molar-refractivity contribution in [1.82, 2.24) is 9.97 Å². The summed E-state index contributed by atoms with van der Waals surface area (Å²) in [5.74, 6) is 2.22. The maximum absolute atomic E-state index is 4.57. The van der Waals surface area contributed by atoms with Gasteiger partial charge in [0.2, 0.25) is 0 Å². The summed E-state index contributed by atoms with van der Waals surface area (Å²) in [7, 11) is 1.89. The number of hydrogen-bond donors (Lipinski definition) is 1. The quantitative estimate of drug-likeness (QED) is 0.903. The molecule has 19 heavy (non-hydrogen) atoms. The van der Waals surface area contributed by atoms with E-state index in [9.17, 15) is 0 Å². The van der Waals surface area contributed by atoms with Crippen LogP contribution in [-0.2, 0) is 0 Å². The second-order valence-electron chi connectivity index (χ2n) is 5.13. The SMILES string of the molecule is CNc1nc(-c2ccc(C(C)C)cc2)nc(C)c1C. The standard InChI is InChI=1S/C16H21N3/c1-10(2)13-6-8-14(9-7-13)16-18-12(4)11(3)15(17-5)19-16/h6-10H,1-5H3,(H,17,18,19). The maximum Gasteiger partial charge on any atom is 0.161 e. The molecule has 0 aliphatic heterocycles. The molecule has 0 bridgehead atoms. The van der Waals surface area contributed by atoms with Crippen LogP contribution in [0.4, 0.5) is 5.82 Å². The average molecular weight is 255 g/mol. The summed E-state index contributed by atoms with van der Waals surface area (Å²) in [5, 5.41) is 3.12. The third-order valence-corrected chi connectivity index (χ3v) is 3.46. The Kier molecular flexibility index (Phi) is 3.84. The molecule has 1 aromatic carbocycles. The summed E-state index contributed by atoms with van der Waals surface area (Å²) >= 11 is 0. The molecule has 3 nitrogen and oxygen atoms in total. The van der Waals surface area contributed by atoms with Crippen LogP contribution >= 0.6 is 0 Å². The van der Waals surface area contributed by atoms with Crippen molar-refractivity contribution in [2.24, 2.45) is 0 Å². The van der Waals surface area contributed by atoms with Crippen molar-refractivity contribution < 1.29 is 0 Å². The van der Waals surface area contributed by atoms with Gasteiger partial charge in [-0.15, -0.1) is 0 Å². The third kappa shape index (κ3) is 2.75. The van der Waals surface area contributed by atoms with E-state index in [1.54, 1.807) is 0 Å². The van der Waals surface area contributed by atoms with Crippen molar-refractivity contribution in [3.05, 3.63) is 41.1 Å². The minimum absolute atomic E-state index is 0.544. The van der Waals surface area contributed by atoms with Gasteiger partial charge in [-0.1, -0.05) is 38.1 Å². The highest BCUT2D eigenvalue weighted by atomic mass is 15.0. The Morgan fingerprint density at radius 2 is 1.63 bits per heavy atom. The van der Waals surface area contributed by atoms with Gasteiger partial charge in [-0.3, -0.25) is 0 Å². The Labute approximate surface area is 115 Å². The fourth-order valence-electron chi connectivity index (χ4n) is 2.02. The fraction of sp³-hybridized carbons (Fsp3) is 0.375. The van der Waals surface area contributed by atoms with Gasteiger partial charge in [0, 0.05) is 23.9 Å². The van der Waals surface area contributed by atoms with Crippen molar-refractivity contribution in [1.29, 1.82) is 0 Å². The van der Waals surface area contributed by atoms with E-state index in [-0.39, 0.29) is 0 Å². The molecule has 0 radical (unpaired) electrons. The lowest BCUT2D eigenvalue weighted by Crippen LogP contribution is -2.02. The summed E-state index contributed by atoms with van der Waals surface area (Å²) < 4.78 is 0. The van der Waals surface area contributed by atoms with Crippen molar-refractivity contribution in [3.8, 4) is 11.4 Å². The Hall–Kier alpha value is -1.90. The zero-order chi connectivity index (χ0) is 14.0. The number of anilines is 1. The first kappa shape index (κ1) is 13.5. The minimum Gasteiger partial charge on any atom is -0.373 e. The van der Waals surface area contributed by atoms with Gasteiger partial charge in [-0.2, -0.15) is 0 Å². The molecule has 0 amide bonds. The van der Waals surface area contributed by atoms with E-state index < -0.39 is 0 Å². The largest absolute Gasteiger partial charge is 0.373 e. The molecule has 0 saturated carbocycles. The number of rotatable bonds is 3. The van der Waals surface area contributed by atoms with Gasteiger partial charge in [0.25, 0.3) is 0 Å². The molecule has 0 saturated heterocycles. The zero-order valence-electron chi connectivity index (χ0n) is 12.3. The third-order valence-electron chi connectivity index (χ3n) is 3.46. The summed E-state index contributed by atoms with van der Waals surface area (Å²) in [6.45, 7) is 8.44. The van der Waals surface area contributed by atoms with Gasteiger partial charge in [0.05, 0.1) is 0 Å². The molecule has 0 fully saturated rings. The number of benzene rings is 1. The van der Waals surface area contributed by atoms with Gasteiger partial charge >= 0.3 is 0 Å². The van der Waals surface area contributed by atoms with Gasteiger partial charge in [0.15, 0.2) is 5.82 Å². The van der Waals surface area contributed by atoms with E-state index in [2.05, 4.69) is 53.4 Å². The molecule has 0 unspecified atom stereocenters. The summed E-state index contributed by atoms with van der Waals surface area (Å²) in [6, 6.07) is 8.49. The lowest BCUT2D eigenvalue weighted by atomic mass is 10.0. The molecular weight excluding hydrogens is 234 g/mol. The summed E-state index contributed by atoms with van der Waals surface area (Å²) in [6.07, 6.45) is 0. The average Bonchev–Trinajstić information content (AvgIpc) is 2.41. The number of nitrogens with one attached hydrogen (secondary N) is 1. The molecule has 0 spiro atoms. The molecular formula is C16H21N3. The van der Waals surface area contributed by atoms with Crippen molar-refractivity contribution in [3.63, 3.8) is 0 Å². The topological polar surface area (TPSA) is 37.8 Å².